The topological polar surface area (TPSA) is 31.5 Å². The maximum atomic E-state index is 14.6. The van der Waals surface area contributed by atoms with E-state index < -0.39 is 12.3 Å². The summed E-state index contributed by atoms with van der Waals surface area (Å²) >= 11 is 0. The monoisotopic (exact) mass is 436 g/mol. The van der Waals surface area contributed by atoms with Gasteiger partial charge in [-0.1, -0.05) is 102 Å². The third-order valence-electron chi connectivity index (χ3n) is 7.59. The number of halogens is 2. The molecule has 0 radical (unpaired) electrons. The standard InChI is InChI=1S/C24H46F2.C2H6.CH4.H2O/c1-15(2)9-10-16(3)17(4)11-12-18(5)19(6)14-22-20(7)13-21(8)23(25)24(22)26;1-2;;/h15-24H,9-14H2,1-8H3;1-2H3;1H4;1H2. The van der Waals surface area contributed by atoms with E-state index in [9.17, 15) is 8.78 Å². The fourth-order valence-corrected chi connectivity index (χ4v) is 4.75. The number of alkyl halides is 2. The lowest BCUT2D eigenvalue weighted by molar-refractivity contribution is -0.0135. The lowest BCUT2D eigenvalue weighted by atomic mass is 9.68. The minimum Gasteiger partial charge on any atom is -0.412 e. The van der Waals surface area contributed by atoms with Crippen LogP contribution in [0.2, 0.25) is 0 Å². The molecule has 0 aliphatic heterocycles. The highest BCUT2D eigenvalue weighted by Crippen LogP contribution is 2.42. The lowest BCUT2D eigenvalue weighted by Gasteiger charge is -2.40. The second-order valence-electron chi connectivity index (χ2n) is 10.4. The van der Waals surface area contributed by atoms with Crippen LogP contribution in [-0.2, 0) is 0 Å². The van der Waals surface area contributed by atoms with Crippen molar-refractivity contribution in [2.24, 2.45) is 47.3 Å². The molecule has 186 valence electrons. The van der Waals surface area contributed by atoms with E-state index in [1.165, 1.54) is 25.7 Å². The SMILES string of the molecule is C.CC.CC(C)CCC(C)C(C)CCC(C)C(C)CC1C(C)CC(C)C(F)C1F.O. The van der Waals surface area contributed by atoms with Gasteiger partial charge in [-0.15, -0.1) is 0 Å². The third kappa shape index (κ3) is 11.4. The van der Waals surface area contributed by atoms with Gasteiger partial charge in [0.25, 0.3) is 0 Å². The smallest absolute Gasteiger partial charge is 0.134 e. The molecule has 2 N–H and O–H groups in total. The Hall–Kier alpha value is -0.180. The van der Waals surface area contributed by atoms with Crippen LogP contribution >= 0.6 is 0 Å². The molecule has 9 atom stereocenters. The van der Waals surface area contributed by atoms with Gasteiger partial charge < -0.3 is 5.48 Å². The summed E-state index contributed by atoms with van der Waals surface area (Å²) in [5.74, 6) is 3.46. The number of hydrogen-bond acceptors (Lipinski definition) is 0. The third-order valence-corrected chi connectivity index (χ3v) is 7.59. The summed E-state index contributed by atoms with van der Waals surface area (Å²) in [6.45, 7) is 21.9. The maximum Gasteiger partial charge on any atom is 0.134 e. The first kappa shape index (κ1) is 34.4. The molecule has 30 heavy (non-hydrogen) atoms. The van der Waals surface area contributed by atoms with Crippen molar-refractivity contribution in [2.75, 3.05) is 0 Å². The summed E-state index contributed by atoms with van der Waals surface area (Å²) in [5, 5.41) is 0. The molecule has 0 amide bonds. The Morgan fingerprint density at radius 3 is 1.50 bits per heavy atom. The molecule has 0 aromatic heterocycles. The second kappa shape index (κ2) is 17.4. The fourth-order valence-electron chi connectivity index (χ4n) is 4.75. The average molecular weight is 437 g/mol. The quantitative estimate of drug-likeness (QED) is 0.327. The molecular weight excluding hydrogens is 378 g/mol. The molecule has 1 saturated carbocycles. The van der Waals surface area contributed by atoms with Gasteiger partial charge in [-0.2, -0.15) is 0 Å². The molecular formula is C27H58F2O. The van der Waals surface area contributed by atoms with Crippen LogP contribution in [0, 0.1) is 47.3 Å². The first-order valence-electron chi connectivity index (χ1n) is 12.3. The Morgan fingerprint density at radius 2 is 1.07 bits per heavy atom. The molecule has 3 heteroatoms. The molecule has 1 aliphatic rings. The molecule has 0 aromatic rings. The molecule has 1 aliphatic carbocycles. The van der Waals surface area contributed by atoms with Crippen LogP contribution in [0.25, 0.3) is 0 Å². The van der Waals surface area contributed by atoms with E-state index in [1.807, 2.05) is 20.8 Å². The van der Waals surface area contributed by atoms with Crippen molar-refractivity contribution < 1.29 is 14.3 Å². The molecule has 0 saturated heterocycles. The summed E-state index contributed by atoms with van der Waals surface area (Å²) < 4.78 is 28.7. The van der Waals surface area contributed by atoms with Crippen molar-refractivity contribution in [3.63, 3.8) is 0 Å². The van der Waals surface area contributed by atoms with Gasteiger partial charge in [0, 0.05) is 0 Å². The van der Waals surface area contributed by atoms with Crippen molar-refractivity contribution in [1.82, 2.24) is 0 Å². The largest absolute Gasteiger partial charge is 0.412 e. The van der Waals surface area contributed by atoms with E-state index in [0.717, 1.165) is 30.6 Å². The summed E-state index contributed by atoms with van der Waals surface area (Å²) in [6, 6.07) is 0. The van der Waals surface area contributed by atoms with Gasteiger partial charge in [-0.05, 0) is 60.2 Å². The normalized spacial score (nSPS) is 30.1. The molecule has 1 rings (SSSR count). The van der Waals surface area contributed by atoms with Crippen molar-refractivity contribution in [1.29, 1.82) is 0 Å². The van der Waals surface area contributed by atoms with Crippen molar-refractivity contribution in [2.45, 2.75) is 128 Å². The van der Waals surface area contributed by atoms with E-state index in [2.05, 4.69) is 48.5 Å². The molecule has 0 bridgehead atoms. The highest BCUT2D eigenvalue weighted by atomic mass is 19.2. The molecule has 0 heterocycles. The van der Waals surface area contributed by atoms with Gasteiger partial charge in [-0.25, -0.2) is 8.78 Å². The Bertz CT molecular complexity index is 387. The second-order valence-corrected chi connectivity index (χ2v) is 10.4. The predicted octanol–water partition coefficient (Wildman–Crippen LogP) is 8.94. The van der Waals surface area contributed by atoms with E-state index in [1.54, 1.807) is 0 Å². The number of hydrogen-bond donors (Lipinski definition) is 0. The summed E-state index contributed by atoms with van der Waals surface area (Å²) in [7, 11) is 0. The van der Waals surface area contributed by atoms with Crippen LogP contribution in [0.3, 0.4) is 0 Å². The molecule has 1 nitrogen and oxygen atoms in total. The zero-order valence-corrected chi connectivity index (χ0v) is 21.3. The van der Waals surface area contributed by atoms with E-state index in [-0.39, 0.29) is 24.7 Å². The Morgan fingerprint density at radius 1 is 0.667 bits per heavy atom. The van der Waals surface area contributed by atoms with Gasteiger partial charge in [0.1, 0.15) is 12.3 Å². The van der Waals surface area contributed by atoms with Crippen LogP contribution < -0.4 is 0 Å². The molecule has 9 unspecified atom stereocenters. The van der Waals surface area contributed by atoms with Crippen LogP contribution in [0.1, 0.15) is 115 Å². The average Bonchev–Trinajstić information content (AvgIpc) is 2.66. The summed E-state index contributed by atoms with van der Waals surface area (Å²) in [5.41, 5.74) is 0. The number of rotatable bonds is 10. The Kier molecular flexibility index (Phi) is 20.0. The highest BCUT2D eigenvalue weighted by molar-refractivity contribution is 4.91. The molecule has 0 aromatic carbocycles. The molecule has 1 fully saturated rings. The first-order valence-corrected chi connectivity index (χ1v) is 12.3. The summed E-state index contributed by atoms with van der Waals surface area (Å²) in [4.78, 5) is 0. The predicted molar refractivity (Wildman–Crippen MR) is 132 cm³/mol. The zero-order valence-electron chi connectivity index (χ0n) is 21.3. The van der Waals surface area contributed by atoms with Gasteiger partial charge >= 0.3 is 0 Å². The van der Waals surface area contributed by atoms with E-state index >= 15 is 0 Å². The van der Waals surface area contributed by atoms with Crippen LogP contribution in [-0.4, -0.2) is 17.8 Å². The highest BCUT2D eigenvalue weighted by Gasteiger charge is 2.42. The van der Waals surface area contributed by atoms with Gasteiger partial charge in [0.05, 0.1) is 0 Å². The van der Waals surface area contributed by atoms with Crippen molar-refractivity contribution in [3.05, 3.63) is 0 Å². The fraction of sp³-hybridized carbons (Fsp3) is 1.00. The minimum absolute atomic E-state index is 0. The van der Waals surface area contributed by atoms with Gasteiger partial charge in [0.15, 0.2) is 0 Å². The van der Waals surface area contributed by atoms with Crippen LogP contribution in [0.4, 0.5) is 8.78 Å². The molecule has 0 spiro atoms. The maximum absolute atomic E-state index is 14.6. The van der Waals surface area contributed by atoms with Crippen molar-refractivity contribution in [3.8, 4) is 0 Å². The zero-order chi connectivity index (χ0) is 22.0. The van der Waals surface area contributed by atoms with Gasteiger partial charge in [-0.3, -0.25) is 0 Å². The van der Waals surface area contributed by atoms with E-state index in [4.69, 9.17) is 0 Å². The van der Waals surface area contributed by atoms with E-state index in [0.29, 0.717) is 17.8 Å². The summed E-state index contributed by atoms with van der Waals surface area (Å²) in [6.07, 6.45) is 4.25. The van der Waals surface area contributed by atoms with Crippen molar-refractivity contribution >= 4 is 0 Å². The lowest BCUT2D eigenvalue weighted by Crippen LogP contribution is -2.42. The first-order chi connectivity index (χ1) is 13.0. The minimum atomic E-state index is -1.27. The van der Waals surface area contributed by atoms with Crippen LogP contribution in [0.5, 0.6) is 0 Å². The van der Waals surface area contributed by atoms with Crippen LogP contribution in [0.15, 0.2) is 0 Å². The van der Waals surface area contributed by atoms with Gasteiger partial charge in [0.2, 0.25) is 0 Å². The Labute approximate surface area is 189 Å². The Balaban J connectivity index is -0.00000176.